The Hall–Kier alpha value is -1.36. The van der Waals surface area contributed by atoms with E-state index in [1.807, 2.05) is 10.8 Å². The fourth-order valence-corrected chi connectivity index (χ4v) is 1.69. The first-order valence-corrected chi connectivity index (χ1v) is 5.84. The van der Waals surface area contributed by atoms with Crippen LogP contribution in [0, 0.1) is 0 Å². The van der Waals surface area contributed by atoms with Gasteiger partial charge in [-0.05, 0) is 20.4 Å². The fourth-order valence-electron chi connectivity index (χ4n) is 1.69. The van der Waals surface area contributed by atoms with Gasteiger partial charge in [-0.25, -0.2) is 4.98 Å². The van der Waals surface area contributed by atoms with Crippen molar-refractivity contribution in [1.29, 1.82) is 0 Å². The van der Waals surface area contributed by atoms with E-state index in [9.17, 15) is 4.79 Å². The molecule has 0 spiro atoms. The zero-order valence-corrected chi connectivity index (χ0v) is 10.9. The third kappa shape index (κ3) is 3.06. The molecule has 0 bridgehead atoms. The summed E-state index contributed by atoms with van der Waals surface area (Å²) in [6, 6.07) is 0. The summed E-state index contributed by atoms with van der Waals surface area (Å²) in [5.74, 6) is 0.510. The maximum Gasteiger partial charge on any atom is 0.323 e. The van der Waals surface area contributed by atoms with E-state index in [-0.39, 0.29) is 0 Å². The number of aryl methyl sites for hydroxylation is 1. The highest BCUT2D eigenvalue weighted by molar-refractivity contribution is 5.78. The molecule has 0 aliphatic carbocycles. The van der Waals surface area contributed by atoms with Crippen LogP contribution in [-0.4, -0.2) is 33.2 Å². The van der Waals surface area contributed by atoms with Gasteiger partial charge in [0, 0.05) is 24.9 Å². The summed E-state index contributed by atoms with van der Waals surface area (Å²) in [6.07, 6.45) is 4.18. The molecule has 1 atom stereocenters. The van der Waals surface area contributed by atoms with Gasteiger partial charge in [0.05, 0.1) is 0 Å². The molecule has 5 nitrogen and oxygen atoms in total. The number of likely N-dealkylation sites (N-methyl/N-ethyl adjacent to an activating group) is 1. The fraction of sp³-hybridized carbons (Fsp3) is 0.667. The third-order valence-electron chi connectivity index (χ3n) is 3.14. The number of carboxylic acids is 1. The molecule has 0 radical (unpaired) electrons. The molecular weight excluding hydrogens is 218 g/mol. The molecule has 1 unspecified atom stereocenters. The van der Waals surface area contributed by atoms with Crippen LogP contribution in [0.15, 0.2) is 12.4 Å². The van der Waals surface area contributed by atoms with E-state index >= 15 is 0 Å². The highest BCUT2D eigenvalue weighted by Crippen LogP contribution is 2.16. The van der Waals surface area contributed by atoms with Gasteiger partial charge >= 0.3 is 5.97 Å². The normalized spacial score (nSPS) is 14.9. The lowest BCUT2D eigenvalue weighted by molar-refractivity contribution is -0.144. The second-order valence-electron chi connectivity index (χ2n) is 4.77. The van der Waals surface area contributed by atoms with Gasteiger partial charge in [0.1, 0.15) is 11.4 Å². The number of hydrogen-bond acceptors (Lipinski definition) is 3. The van der Waals surface area contributed by atoms with Crippen LogP contribution in [-0.2, 0) is 11.3 Å². The zero-order chi connectivity index (χ0) is 13.1. The summed E-state index contributed by atoms with van der Waals surface area (Å²) in [4.78, 5) is 15.4. The number of carboxylic acid groups (broad SMARTS) is 1. The minimum atomic E-state index is -0.890. The predicted molar refractivity (Wildman–Crippen MR) is 66.0 cm³/mol. The van der Waals surface area contributed by atoms with Crippen molar-refractivity contribution in [3.8, 4) is 0 Å². The number of hydrogen-bond donors (Lipinski definition) is 2. The molecule has 0 amide bonds. The van der Waals surface area contributed by atoms with Crippen LogP contribution in [0.3, 0.4) is 0 Å². The number of carbonyl (C=O) groups is 1. The molecule has 0 aromatic carbocycles. The number of imidazole rings is 1. The Morgan fingerprint density at radius 2 is 2.29 bits per heavy atom. The highest BCUT2D eigenvalue weighted by atomic mass is 16.4. The van der Waals surface area contributed by atoms with Crippen molar-refractivity contribution in [2.75, 3.05) is 7.05 Å². The second kappa shape index (κ2) is 5.31. The summed E-state index contributed by atoms with van der Waals surface area (Å²) in [6.45, 7) is 6.50. The molecule has 0 aliphatic heterocycles. The van der Waals surface area contributed by atoms with Crippen molar-refractivity contribution >= 4 is 5.97 Å². The van der Waals surface area contributed by atoms with E-state index < -0.39 is 11.5 Å². The van der Waals surface area contributed by atoms with Crippen LogP contribution in [0.25, 0.3) is 0 Å². The topological polar surface area (TPSA) is 67.2 Å². The number of aliphatic carboxylic acids is 1. The van der Waals surface area contributed by atoms with Crippen LogP contribution in [0.1, 0.15) is 38.9 Å². The van der Waals surface area contributed by atoms with E-state index in [2.05, 4.69) is 24.1 Å². The van der Waals surface area contributed by atoms with E-state index in [1.54, 1.807) is 20.2 Å². The van der Waals surface area contributed by atoms with Gasteiger partial charge in [0.2, 0.25) is 0 Å². The molecule has 0 saturated heterocycles. The number of nitrogens with one attached hydrogen (secondary N) is 1. The Bertz CT molecular complexity index is 387. The Labute approximate surface area is 102 Å². The average molecular weight is 239 g/mol. The summed E-state index contributed by atoms with van der Waals surface area (Å²) >= 11 is 0. The van der Waals surface area contributed by atoms with E-state index in [4.69, 9.17) is 5.11 Å². The Morgan fingerprint density at radius 1 is 1.65 bits per heavy atom. The predicted octanol–water partition coefficient (Wildman–Crippen LogP) is 1.46. The van der Waals surface area contributed by atoms with Crippen molar-refractivity contribution in [3.63, 3.8) is 0 Å². The van der Waals surface area contributed by atoms with Gasteiger partial charge in [-0.3, -0.25) is 4.79 Å². The molecule has 2 N–H and O–H groups in total. The molecule has 1 aromatic heterocycles. The highest BCUT2D eigenvalue weighted by Gasteiger charge is 2.30. The van der Waals surface area contributed by atoms with Crippen molar-refractivity contribution in [1.82, 2.24) is 14.9 Å². The van der Waals surface area contributed by atoms with E-state index in [1.165, 1.54) is 0 Å². The molecule has 17 heavy (non-hydrogen) atoms. The van der Waals surface area contributed by atoms with Crippen molar-refractivity contribution in [2.45, 2.75) is 45.2 Å². The Balaban J connectivity index is 2.73. The van der Waals surface area contributed by atoms with E-state index in [0.29, 0.717) is 18.9 Å². The maximum atomic E-state index is 11.1. The molecule has 96 valence electrons. The molecule has 0 aliphatic rings. The molecule has 1 rings (SSSR count). The van der Waals surface area contributed by atoms with Gasteiger partial charge in [0.25, 0.3) is 0 Å². The Morgan fingerprint density at radius 3 is 2.76 bits per heavy atom. The van der Waals surface area contributed by atoms with Gasteiger partial charge in [-0.2, -0.15) is 0 Å². The largest absolute Gasteiger partial charge is 0.480 e. The van der Waals surface area contributed by atoms with Crippen LogP contribution in [0.2, 0.25) is 0 Å². The first-order valence-electron chi connectivity index (χ1n) is 5.84. The monoisotopic (exact) mass is 239 g/mol. The molecular formula is C12H21N3O2. The smallest absolute Gasteiger partial charge is 0.323 e. The minimum Gasteiger partial charge on any atom is -0.480 e. The van der Waals surface area contributed by atoms with E-state index in [0.717, 1.165) is 5.82 Å². The van der Waals surface area contributed by atoms with Crippen molar-refractivity contribution < 1.29 is 9.90 Å². The summed E-state index contributed by atoms with van der Waals surface area (Å²) in [5.41, 5.74) is -0.890. The first kappa shape index (κ1) is 13.7. The van der Waals surface area contributed by atoms with Gasteiger partial charge in [-0.1, -0.05) is 13.8 Å². The SMILES string of the molecule is CNC(C)(CCn1ccnc1C(C)C)C(=O)O. The first-order chi connectivity index (χ1) is 7.90. The lowest BCUT2D eigenvalue weighted by Crippen LogP contribution is -2.48. The standard InChI is InChI=1S/C12H21N3O2/c1-9(2)10-14-6-8-15(10)7-5-12(3,13-4)11(16)17/h6,8-9,13H,5,7H2,1-4H3,(H,16,17). The number of rotatable bonds is 6. The minimum absolute atomic E-state index is 0.343. The molecule has 5 heteroatoms. The zero-order valence-electron chi connectivity index (χ0n) is 10.9. The number of aromatic nitrogens is 2. The molecule has 1 aromatic rings. The van der Waals surface area contributed by atoms with Crippen LogP contribution in [0.5, 0.6) is 0 Å². The van der Waals surface area contributed by atoms with Gasteiger partial charge in [0.15, 0.2) is 0 Å². The van der Waals surface area contributed by atoms with Crippen molar-refractivity contribution in [2.24, 2.45) is 0 Å². The van der Waals surface area contributed by atoms with Crippen LogP contribution in [0.4, 0.5) is 0 Å². The van der Waals surface area contributed by atoms with Gasteiger partial charge < -0.3 is 15.0 Å². The summed E-state index contributed by atoms with van der Waals surface area (Å²) < 4.78 is 2.02. The summed E-state index contributed by atoms with van der Waals surface area (Å²) in [5, 5.41) is 12.0. The van der Waals surface area contributed by atoms with Gasteiger partial charge in [-0.15, -0.1) is 0 Å². The van der Waals surface area contributed by atoms with Crippen LogP contribution >= 0.6 is 0 Å². The quantitative estimate of drug-likeness (QED) is 0.788. The number of nitrogens with zero attached hydrogens (tertiary/aromatic N) is 2. The Kier molecular flexibility index (Phi) is 4.28. The van der Waals surface area contributed by atoms with Crippen LogP contribution < -0.4 is 5.32 Å². The molecule has 1 heterocycles. The molecule has 0 fully saturated rings. The average Bonchev–Trinajstić information content (AvgIpc) is 2.73. The molecule has 0 saturated carbocycles. The third-order valence-corrected chi connectivity index (χ3v) is 3.14. The lowest BCUT2D eigenvalue weighted by atomic mass is 9.98. The summed E-state index contributed by atoms with van der Waals surface area (Å²) in [7, 11) is 1.67. The van der Waals surface area contributed by atoms with Crippen molar-refractivity contribution in [3.05, 3.63) is 18.2 Å². The lowest BCUT2D eigenvalue weighted by Gasteiger charge is -2.24. The maximum absolute atomic E-state index is 11.1. The second-order valence-corrected chi connectivity index (χ2v) is 4.77.